The van der Waals surface area contributed by atoms with Gasteiger partial charge in [0.2, 0.25) is 11.7 Å². The van der Waals surface area contributed by atoms with Crippen LogP contribution >= 0.6 is 0 Å². The van der Waals surface area contributed by atoms with Crippen LogP contribution in [0.5, 0.6) is 5.75 Å². The second-order valence-corrected chi connectivity index (χ2v) is 7.66. The average Bonchev–Trinajstić information content (AvgIpc) is 3.42. The van der Waals surface area contributed by atoms with Crippen LogP contribution in [-0.2, 0) is 6.54 Å². The van der Waals surface area contributed by atoms with Gasteiger partial charge in [-0.3, -0.25) is 9.69 Å². The minimum Gasteiger partial charge on any atom is -0.497 e. The Kier molecular flexibility index (Phi) is 5.28. The number of aryl methyl sites for hydroxylation is 1. The minimum atomic E-state index is -0.0320. The zero-order chi connectivity index (χ0) is 22.1. The Morgan fingerprint density at radius 2 is 1.94 bits per heavy atom. The Hall–Kier alpha value is -3.79. The SMILES string of the molecule is COc1ccc(-c2noc(CN3CCN(C(=O)c4c(C)nn5cccnc45)CC3)n2)cc1. The van der Waals surface area contributed by atoms with E-state index in [9.17, 15) is 4.79 Å². The van der Waals surface area contributed by atoms with Gasteiger partial charge < -0.3 is 14.2 Å². The number of aromatic nitrogens is 5. The van der Waals surface area contributed by atoms with Crippen LogP contribution in [0.1, 0.15) is 21.9 Å². The summed E-state index contributed by atoms with van der Waals surface area (Å²) < 4.78 is 12.3. The summed E-state index contributed by atoms with van der Waals surface area (Å²) in [6.07, 6.45) is 3.48. The van der Waals surface area contributed by atoms with Gasteiger partial charge in [0.25, 0.3) is 5.91 Å². The maximum Gasteiger partial charge on any atom is 0.259 e. The van der Waals surface area contributed by atoms with Crippen molar-refractivity contribution >= 4 is 11.6 Å². The first-order valence-electron chi connectivity index (χ1n) is 10.4. The van der Waals surface area contributed by atoms with E-state index in [0.717, 1.165) is 24.4 Å². The number of nitrogens with zero attached hydrogens (tertiary/aromatic N) is 7. The second kappa shape index (κ2) is 8.39. The molecular weight excluding hydrogens is 410 g/mol. The van der Waals surface area contributed by atoms with E-state index in [1.54, 1.807) is 30.1 Å². The molecule has 10 nitrogen and oxygen atoms in total. The van der Waals surface area contributed by atoms with Crippen LogP contribution in [-0.4, -0.2) is 73.7 Å². The predicted octanol–water partition coefficient (Wildman–Crippen LogP) is 2.05. The molecule has 0 saturated carbocycles. The number of hydrogen-bond acceptors (Lipinski definition) is 8. The minimum absolute atomic E-state index is 0.0320. The summed E-state index contributed by atoms with van der Waals surface area (Å²) in [6.45, 7) is 5.05. The molecule has 0 aliphatic carbocycles. The van der Waals surface area contributed by atoms with Gasteiger partial charge in [-0.25, -0.2) is 9.50 Å². The van der Waals surface area contributed by atoms with Crippen molar-refractivity contribution in [2.45, 2.75) is 13.5 Å². The molecule has 1 fully saturated rings. The summed E-state index contributed by atoms with van der Waals surface area (Å²) in [4.78, 5) is 26.0. The fraction of sp³-hybridized carbons (Fsp3) is 0.318. The van der Waals surface area contributed by atoms with Gasteiger partial charge in [0.15, 0.2) is 5.65 Å². The van der Waals surface area contributed by atoms with Crippen molar-refractivity contribution < 1.29 is 14.1 Å². The standard InChI is InChI=1S/C22H23N7O3/c1-15-19(21-23-8-3-9-29(21)25-15)22(30)28-12-10-27(11-13-28)14-18-24-20(26-32-18)16-4-6-17(31-2)7-5-16/h3-9H,10-14H2,1-2H3. The summed E-state index contributed by atoms with van der Waals surface area (Å²) >= 11 is 0. The van der Waals surface area contributed by atoms with Gasteiger partial charge in [-0.05, 0) is 37.3 Å². The van der Waals surface area contributed by atoms with Gasteiger partial charge >= 0.3 is 0 Å². The normalized spacial score (nSPS) is 14.8. The lowest BCUT2D eigenvalue weighted by Crippen LogP contribution is -2.48. The van der Waals surface area contributed by atoms with Crippen LogP contribution in [0.15, 0.2) is 47.2 Å². The van der Waals surface area contributed by atoms with Gasteiger partial charge in [-0.1, -0.05) is 5.16 Å². The quantitative estimate of drug-likeness (QED) is 0.471. The van der Waals surface area contributed by atoms with E-state index in [2.05, 4.69) is 25.1 Å². The van der Waals surface area contributed by atoms with Gasteiger partial charge in [0.1, 0.15) is 11.3 Å². The van der Waals surface area contributed by atoms with Crippen molar-refractivity contribution in [1.29, 1.82) is 0 Å². The van der Waals surface area contributed by atoms with Gasteiger partial charge in [0.05, 0.1) is 19.3 Å². The Labute approximate surface area is 184 Å². The summed E-state index contributed by atoms with van der Waals surface area (Å²) in [7, 11) is 1.63. The summed E-state index contributed by atoms with van der Waals surface area (Å²) in [5.74, 6) is 1.85. The molecule has 4 aromatic rings. The molecule has 32 heavy (non-hydrogen) atoms. The Balaban J connectivity index is 1.21. The maximum atomic E-state index is 13.1. The van der Waals surface area contributed by atoms with Crippen molar-refractivity contribution in [3.63, 3.8) is 0 Å². The van der Waals surface area contributed by atoms with E-state index in [4.69, 9.17) is 9.26 Å². The van der Waals surface area contributed by atoms with E-state index >= 15 is 0 Å². The Bertz CT molecular complexity index is 1240. The number of piperazine rings is 1. The third-order valence-electron chi connectivity index (χ3n) is 5.62. The summed E-state index contributed by atoms with van der Waals surface area (Å²) in [5, 5.41) is 8.49. The molecule has 164 valence electrons. The van der Waals surface area contributed by atoms with E-state index in [1.807, 2.05) is 36.1 Å². The monoisotopic (exact) mass is 433 g/mol. The highest BCUT2D eigenvalue weighted by Gasteiger charge is 2.27. The molecule has 0 atom stereocenters. The predicted molar refractivity (Wildman–Crippen MR) is 115 cm³/mol. The molecule has 0 radical (unpaired) electrons. The highest BCUT2D eigenvalue weighted by Crippen LogP contribution is 2.21. The third kappa shape index (κ3) is 3.80. The van der Waals surface area contributed by atoms with Gasteiger partial charge in [0, 0.05) is 44.1 Å². The molecular formula is C22H23N7O3. The molecule has 1 amide bonds. The number of hydrogen-bond donors (Lipinski definition) is 0. The van der Waals surface area contributed by atoms with E-state index in [-0.39, 0.29) is 5.91 Å². The molecule has 1 saturated heterocycles. The molecule has 1 aliphatic heterocycles. The first-order valence-corrected chi connectivity index (χ1v) is 10.4. The number of carbonyl (C=O) groups excluding carboxylic acids is 1. The van der Waals surface area contributed by atoms with Crippen molar-refractivity contribution in [1.82, 2.24) is 34.5 Å². The van der Waals surface area contributed by atoms with E-state index < -0.39 is 0 Å². The number of fused-ring (bicyclic) bond motifs is 1. The summed E-state index contributed by atoms with van der Waals surface area (Å²) in [6, 6.07) is 9.32. The van der Waals surface area contributed by atoms with Gasteiger partial charge in [-0.15, -0.1) is 0 Å². The van der Waals surface area contributed by atoms with E-state index in [1.165, 1.54) is 0 Å². The number of benzene rings is 1. The lowest BCUT2D eigenvalue weighted by Gasteiger charge is -2.33. The lowest BCUT2D eigenvalue weighted by molar-refractivity contribution is 0.0616. The maximum absolute atomic E-state index is 13.1. The smallest absolute Gasteiger partial charge is 0.259 e. The van der Waals surface area contributed by atoms with E-state index in [0.29, 0.717) is 48.3 Å². The zero-order valence-corrected chi connectivity index (χ0v) is 17.9. The van der Waals surface area contributed by atoms with Crippen molar-refractivity contribution in [2.24, 2.45) is 0 Å². The van der Waals surface area contributed by atoms with Crippen molar-refractivity contribution in [3.8, 4) is 17.1 Å². The van der Waals surface area contributed by atoms with Crippen LogP contribution in [0.4, 0.5) is 0 Å². The van der Waals surface area contributed by atoms with Crippen molar-refractivity contribution in [3.05, 3.63) is 59.9 Å². The molecule has 0 N–H and O–H groups in total. The molecule has 10 heteroatoms. The van der Waals surface area contributed by atoms with Gasteiger partial charge in [-0.2, -0.15) is 10.1 Å². The highest BCUT2D eigenvalue weighted by molar-refractivity contribution is 6.01. The fourth-order valence-electron chi connectivity index (χ4n) is 3.88. The first-order chi connectivity index (χ1) is 15.6. The van der Waals surface area contributed by atoms with Crippen LogP contribution in [0.25, 0.3) is 17.0 Å². The number of ether oxygens (including phenoxy) is 1. The first kappa shape index (κ1) is 20.1. The number of methoxy groups -OCH3 is 1. The summed E-state index contributed by atoms with van der Waals surface area (Å²) in [5.41, 5.74) is 2.72. The molecule has 0 spiro atoms. The fourth-order valence-corrected chi connectivity index (χ4v) is 3.88. The zero-order valence-electron chi connectivity index (χ0n) is 17.9. The Morgan fingerprint density at radius 1 is 1.16 bits per heavy atom. The van der Waals surface area contributed by atoms with Crippen LogP contribution in [0.3, 0.4) is 0 Å². The molecule has 3 aromatic heterocycles. The molecule has 1 aliphatic rings. The number of carbonyl (C=O) groups is 1. The van der Waals surface area contributed by atoms with Crippen LogP contribution in [0.2, 0.25) is 0 Å². The topological polar surface area (TPSA) is 102 Å². The lowest BCUT2D eigenvalue weighted by atomic mass is 10.2. The number of amides is 1. The van der Waals surface area contributed by atoms with Crippen LogP contribution in [0, 0.1) is 6.92 Å². The Morgan fingerprint density at radius 3 is 2.69 bits per heavy atom. The third-order valence-corrected chi connectivity index (χ3v) is 5.62. The average molecular weight is 433 g/mol. The van der Waals surface area contributed by atoms with Crippen LogP contribution < -0.4 is 4.74 Å². The highest BCUT2D eigenvalue weighted by atomic mass is 16.5. The van der Waals surface area contributed by atoms with Crippen molar-refractivity contribution in [2.75, 3.05) is 33.3 Å². The largest absolute Gasteiger partial charge is 0.497 e. The molecule has 0 bridgehead atoms. The second-order valence-electron chi connectivity index (χ2n) is 7.66. The molecule has 1 aromatic carbocycles. The molecule has 4 heterocycles. The molecule has 5 rings (SSSR count). The number of rotatable bonds is 5. The molecule has 0 unspecified atom stereocenters.